The van der Waals surface area contributed by atoms with Crippen molar-refractivity contribution in [3.8, 4) is 0 Å². The van der Waals surface area contributed by atoms with Gasteiger partial charge in [-0.25, -0.2) is 4.98 Å². The van der Waals surface area contributed by atoms with Crippen molar-refractivity contribution in [1.29, 1.82) is 0 Å². The molecule has 1 heterocycles. The standard InChI is InChI=1S/C4H3BrN2OS/c5-3-2(1-8)7-4(6)9-3/h1H,(H2,6,7). The van der Waals surface area contributed by atoms with Gasteiger partial charge in [-0.3, -0.25) is 4.79 Å². The average molecular weight is 207 g/mol. The molecule has 1 rings (SSSR count). The number of rotatable bonds is 1. The molecule has 9 heavy (non-hydrogen) atoms. The second kappa shape index (κ2) is 2.45. The van der Waals surface area contributed by atoms with Crippen molar-refractivity contribution in [3.63, 3.8) is 0 Å². The van der Waals surface area contributed by atoms with Crippen LogP contribution in [0.4, 0.5) is 5.13 Å². The van der Waals surface area contributed by atoms with Gasteiger partial charge in [-0.2, -0.15) is 0 Å². The number of carbonyl (C=O) groups excluding carboxylic acids is 1. The minimum absolute atomic E-state index is 0.373. The molecule has 0 unspecified atom stereocenters. The molecule has 0 aliphatic heterocycles. The van der Waals surface area contributed by atoms with Gasteiger partial charge < -0.3 is 5.73 Å². The Morgan fingerprint density at radius 1 is 1.78 bits per heavy atom. The van der Waals surface area contributed by atoms with E-state index in [4.69, 9.17) is 5.73 Å². The third-order valence-electron chi connectivity index (χ3n) is 0.738. The van der Waals surface area contributed by atoms with Gasteiger partial charge in [-0.1, -0.05) is 11.3 Å². The maximum Gasteiger partial charge on any atom is 0.181 e. The summed E-state index contributed by atoms with van der Waals surface area (Å²) in [6.07, 6.45) is 0.664. The summed E-state index contributed by atoms with van der Waals surface area (Å²) in [5.74, 6) is 0. The molecule has 5 heteroatoms. The number of nitrogen functional groups attached to an aromatic ring is 1. The van der Waals surface area contributed by atoms with Crippen LogP contribution < -0.4 is 5.73 Å². The van der Waals surface area contributed by atoms with E-state index in [1.165, 1.54) is 11.3 Å². The molecule has 0 bridgehead atoms. The third-order valence-corrected chi connectivity index (χ3v) is 2.32. The van der Waals surface area contributed by atoms with E-state index in [0.717, 1.165) is 0 Å². The van der Waals surface area contributed by atoms with Crippen LogP contribution in [0.3, 0.4) is 0 Å². The van der Waals surface area contributed by atoms with Crippen LogP contribution in [0, 0.1) is 0 Å². The average Bonchev–Trinajstić information content (AvgIpc) is 2.10. The van der Waals surface area contributed by atoms with Crippen LogP contribution in [0.1, 0.15) is 10.5 Å². The van der Waals surface area contributed by atoms with E-state index in [2.05, 4.69) is 20.9 Å². The fourth-order valence-corrected chi connectivity index (χ4v) is 1.61. The summed E-state index contributed by atoms with van der Waals surface area (Å²) in [5.41, 5.74) is 5.65. The lowest BCUT2D eigenvalue weighted by Crippen LogP contribution is -1.83. The van der Waals surface area contributed by atoms with Crippen molar-refractivity contribution in [2.45, 2.75) is 0 Å². The number of thiazole rings is 1. The Labute approximate surface area is 64.0 Å². The summed E-state index contributed by atoms with van der Waals surface area (Å²) in [5, 5.41) is 0.406. The predicted molar refractivity (Wildman–Crippen MR) is 39.6 cm³/mol. The molecule has 0 aliphatic carbocycles. The Bertz CT molecular complexity index is 234. The van der Waals surface area contributed by atoms with Gasteiger partial charge in [0.1, 0.15) is 9.48 Å². The number of aromatic nitrogens is 1. The molecule has 3 nitrogen and oxygen atoms in total. The summed E-state index contributed by atoms with van der Waals surface area (Å²) < 4.78 is 0.690. The predicted octanol–water partition coefficient (Wildman–Crippen LogP) is 1.30. The Kier molecular flexibility index (Phi) is 1.82. The second-order valence-electron chi connectivity index (χ2n) is 1.33. The normalized spacial score (nSPS) is 9.44. The van der Waals surface area contributed by atoms with E-state index in [1.807, 2.05) is 0 Å². The Morgan fingerprint density at radius 2 is 2.44 bits per heavy atom. The molecule has 0 spiro atoms. The van der Waals surface area contributed by atoms with Crippen LogP contribution in [0.5, 0.6) is 0 Å². The fraction of sp³-hybridized carbons (Fsp3) is 0. The van der Waals surface area contributed by atoms with Crippen molar-refractivity contribution in [1.82, 2.24) is 4.98 Å². The Hall–Kier alpha value is -0.420. The van der Waals surface area contributed by atoms with Crippen molar-refractivity contribution >= 4 is 38.7 Å². The molecular weight excluding hydrogens is 204 g/mol. The van der Waals surface area contributed by atoms with Crippen LogP contribution in [0.15, 0.2) is 3.79 Å². The van der Waals surface area contributed by atoms with Crippen molar-refractivity contribution in [2.75, 3.05) is 5.73 Å². The smallest absolute Gasteiger partial charge is 0.181 e. The third kappa shape index (κ3) is 1.28. The zero-order valence-electron chi connectivity index (χ0n) is 4.30. The Balaban J connectivity index is 3.15. The highest BCUT2D eigenvalue weighted by molar-refractivity contribution is 9.11. The molecule has 48 valence electrons. The van der Waals surface area contributed by atoms with Crippen LogP contribution in [-0.2, 0) is 0 Å². The lowest BCUT2D eigenvalue weighted by molar-refractivity contribution is 0.111. The second-order valence-corrected chi connectivity index (χ2v) is 3.68. The number of carbonyl (C=O) groups is 1. The molecule has 0 saturated heterocycles. The number of nitrogens with two attached hydrogens (primary N) is 1. The molecule has 0 saturated carbocycles. The van der Waals surface area contributed by atoms with Gasteiger partial charge in [0.05, 0.1) is 0 Å². The number of nitrogens with zero attached hydrogens (tertiary/aromatic N) is 1. The zero-order chi connectivity index (χ0) is 6.85. The molecule has 1 aromatic heterocycles. The minimum Gasteiger partial charge on any atom is -0.375 e. The van der Waals surface area contributed by atoms with Gasteiger partial charge in [0.15, 0.2) is 11.4 Å². The number of hydrogen-bond acceptors (Lipinski definition) is 4. The van der Waals surface area contributed by atoms with E-state index in [0.29, 0.717) is 20.9 Å². The summed E-state index contributed by atoms with van der Waals surface area (Å²) in [6.45, 7) is 0. The van der Waals surface area contributed by atoms with Gasteiger partial charge in [0, 0.05) is 0 Å². The lowest BCUT2D eigenvalue weighted by Gasteiger charge is -1.74. The highest BCUT2D eigenvalue weighted by Gasteiger charge is 2.03. The molecule has 0 aliphatic rings. The first-order valence-corrected chi connectivity index (χ1v) is 3.72. The zero-order valence-corrected chi connectivity index (χ0v) is 6.70. The topological polar surface area (TPSA) is 56.0 Å². The van der Waals surface area contributed by atoms with E-state index in [1.54, 1.807) is 0 Å². The van der Waals surface area contributed by atoms with Gasteiger partial charge in [0.2, 0.25) is 0 Å². The maximum atomic E-state index is 10.1. The first-order chi connectivity index (χ1) is 4.24. The molecule has 0 radical (unpaired) electrons. The van der Waals surface area contributed by atoms with Crippen LogP contribution in [-0.4, -0.2) is 11.3 Å². The first kappa shape index (κ1) is 6.70. The van der Waals surface area contributed by atoms with Gasteiger partial charge in [-0.05, 0) is 15.9 Å². The highest BCUT2D eigenvalue weighted by atomic mass is 79.9. The SMILES string of the molecule is Nc1nc(C=O)c(Br)s1. The molecule has 2 N–H and O–H groups in total. The summed E-state index contributed by atoms with van der Waals surface area (Å²) in [6, 6.07) is 0. The fourth-order valence-electron chi connectivity index (χ4n) is 0.402. The molecule has 0 atom stereocenters. The van der Waals surface area contributed by atoms with Gasteiger partial charge in [-0.15, -0.1) is 0 Å². The number of anilines is 1. The van der Waals surface area contributed by atoms with Crippen molar-refractivity contribution in [3.05, 3.63) is 9.48 Å². The molecule has 0 aromatic carbocycles. The van der Waals surface area contributed by atoms with E-state index in [-0.39, 0.29) is 0 Å². The van der Waals surface area contributed by atoms with E-state index in [9.17, 15) is 4.79 Å². The maximum absolute atomic E-state index is 10.1. The largest absolute Gasteiger partial charge is 0.375 e. The minimum atomic E-state index is 0.373. The summed E-state index contributed by atoms with van der Waals surface area (Å²) in [7, 11) is 0. The monoisotopic (exact) mass is 206 g/mol. The number of aldehydes is 1. The highest BCUT2D eigenvalue weighted by Crippen LogP contribution is 2.24. The quantitative estimate of drug-likeness (QED) is 0.706. The van der Waals surface area contributed by atoms with E-state index >= 15 is 0 Å². The summed E-state index contributed by atoms with van der Waals surface area (Å²) >= 11 is 4.37. The molecule has 1 aromatic rings. The Morgan fingerprint density at radius 3 is 2.67 bits per heavy atom. The lowest BCUT2D eigenvalue weighted by atomic mass is 10.6. The first-order valence-electron chi connectivity index (χ1n) is 2.11. The van der Waals surface area contributed by atoms with Gasteiger partial charge in [0.25, 0.3) is 0 Å². The molecule has 0 fully saturated rings. The van der Waals surface area contributed by atoms with Crippen molar-refractivity contribution in [2.24, 2.45) is 0 Å². The van der Waals surface area contributed by atoms with Gasteiger partial charge >= 0.3 is 0 Å². The number of hydrogen-bond donors (Lipinski definition) is 1. The van der Waals surface area contributed by atoms with Crippen LogP contribution in [0.25, 0.3) is 0 Å². The van der Waals surface area contributed by atoms with Crippen LogP contribution in [0.2, 0.25) is 0 Å². The van der Waals surface area contributed by atoms with Crippen molar-refractivity contribution < 1.29 is 4.79 Å². The number of halogens is 1. The molecule has 0 amide bonds. The summed E-state index contributed by atoms with van der Waals surface area (Å²) in [4.78, 5) is 13.8. The van der Waals surface area contributed by atoms with E-state index < -0.39 is 0 Å². The van der Waals surface area contributed by atoms with Crippen LogP contribution >= 0.6 is 27.3 Å². The molecular formula is C4H3BrN2OS.